The van der Waals surface area contributed by atoms with Crippen LogP contribution < -0.4 is 0 Å². The molecule has 2 rings (SSSR count). The smallest absolute Gasteiger partial charge is 0.0862 e. The number of aliphatic hydroxyl groups is 1. The van der Waals surface area contributed by atoms with Gasteiger partial charge in [-0.25, -0.2) is 0 Å². The third-order valence-electron chi connectivity index (χ3n) is 6.65. The standard InChI is InChI=1S/C18H26O.C17H28O2/c1-6-17(12-16-10-8-7-9-11-16)18(15(4)5)19-13-14(2)3;1-5-16(11-15-9-7-6-8-10-15)17(14(4)18)19-12-13(2)3/h6-11,15,17-18H,1-2,12-13H2,3-5H3;6-10,13-14,16-18H,5,11-12H2,1-4H3/t17-,18+;14-,16+,17-/m10/s1. The lowest BCUT2D eigenvalue weighted by Gasteiger charge is -2.29. The molecule has 0 aromatic heterocycles. The first-order valence-electron chi connectivity index (χ1n) is 14.3. The van der Waals surface area contributed by atoms with Crippen LogP contribution in [0.25, 0.3) is 0 Å². The van der Waals surface area contributed by atoms with Crippen LogP contribution >= 0.6 is 0 Å². The predicted molar refractivity (Wildman–Crippen MR) is 163 cm³/mol. The van der Waals surface area contributed by atoms with Crippen molar-refractivity contribution >= 4 is 0 Å². The third-order valence-corrected chi connectivity index (χ3v) is 6.65. The first-order valence-corrected chi connectivity index (χ1v) is 14.3. The van der Waals surface area contributed by atoms with Gasteiger partial charge in [-0.3, -0.25) is 0 Å². The molecule has 2 aromatic carbocycles. The fourth-order valence-electron chi connectivity index (χ4n) is 4.65. The number of rotatable bonds is 16. The average molecular weight is 523 g/mol. The number of hydrogen-bond donors (Lipinski definition) is 1. The summed E-state index contributed by atoms with van der Waals surface area (Å²) in [5, 5.41) is 9.98. The molecule has 0 amide bonds. The maximum absolute atomic E-state index is 9.98. The van der Waals surface area contributed by atoms with Crippen molar-refractivity contribution in [1.29, 1.82) is 0 Å². The van der Waals surface area contributed by atoms with Crippen LogP contribution in [0.4, 0.5) is 0 Å². The highest BCUT2D eigenvalue weighted by Crippen LogP contribution is 2.23. The second kappa shape index (κ2) is 19.0. The Morgan fingerprint density at radius 1 is 0.842 bits per heavy atom. The normalized spacial score (nSPS) is 15.2. The number of hydrogen-bond acceptors (Lipinski definition) is 3. The molecule has 3 heteroatoms. The van der Waals surface area contributed by atoms with Crippen LogP contribution in [0, 0.1) is 23.7 Å². The highest BCUT2D eigenvalue weighted by atomic mass is 16.5. The van der Waals surface area contributed by atoms with Crippen molar-refractivity contribution in [2.75, 3.05) is 13.2 Å². The molecule has 0 saturated heterocycles. The Labute approximate surface area is 234 Å². The maximum Gasteiger partial charge on any atom is 0.0862 e. The summed E-state index contributed by atoms with van der Waals surface area (Å²) in [7, 11) is 0. The molecule has 2 aromatic rings. The summed E-state index contributed by atoms with van der Waals surface area (Å²) in [5.41, 5.74) is 3.71. The first-order chi connectivity index (χ1) is 18.1. The van der Waals surface area contributed by atoms with Gasteiger partial charge in [-0.15, -0.1) is 6.58 Å². The lowest BCUT2D eigenvalue weighted by Crippen LogP contribution is -2.36. The van der Waals surface area contributed by atoms with Crippen LogP contribution in [0.2, 0.25) is 0 Å². The number of benzene rings is 2. The second-order valence-corrected chi connectivity index (χ2v) is 11.4. The lowest BCUT2D eigenvalue weighted by molar-refractivity contribution is -0.0704. The summed E-state index contributed by atoms with van der Waals surface area (Å²) >= 11 is 0. The summed E-state index contributed by atoms with van der Waals surface area (Å²) < 4.78 is 12.0. The van der Waals surface area contributed by atoms with E-state index in [0.29, 0.717) is 36.9 Å². The van der Waals surface area contributed by atoms with E-state index < -0.39 is 6.10 Å². The fourth-order valence-corrected chi connectivity index (χ4v) is 4.65. The molecule has 0 aliphatic heterocycles. The zero-order chi connectivity index (χ0) is 28.5. The van der Waals surface area contributed by atoms with Crippen LogP contribution in [0.3, 0.4) is 0 Å². The molecular weight excluding hydrogens is 468 g/mol. The van der Waals surface area contributed by atoms with Gasteiger partial charge in [0, 0.05) is 12.5 Å². The molecule has 38 heavy (non-hydrogen) atoms. The molecular formula is C35H54O3. The van der Waals surface area contributed by atoms with Gasteiger partial charge in [0.2, 0.25) is 0 Å². The van der Waals surface area contributed by atoms with Gasteiger partial charge in [0.25, 0.3) is 0 Å². The van der Waals surface area contributed by atoms with Crippen LogP contribution in [-0.2, 0) is 22.3 Å². The Balaban J connectivity index is 0.000000380. The van der Waals surface area contributed by atoms with E-state index in [1.165, 1.54) is 11.1 Å². The van der Waals surface area contributed by atoms with E-state index in [0.717, 1.165) is 24.8 Å². The summed E-state index contributed by atoms with van der Waals surface area (Å²) in [4.78, 5) is 0. The van der Waals surface area contributed by atoms with Gasteiger partial charge < -0.3 is 14.6 Å². The van der Waals surface area contributed by atoms with Crippen molar-refractivity contribution < 1.29 is 14.6 Å². The highest BCUT2D eigenvalue weighted by Gasteiger charge is 2.26. The SMILES string of the molecule is C=C[C@H](Cc1ccccc1)[C@@H](OCC(=C)C)C(C)C.CC[C@H](Cc1ccccc1)[C@@H](OCC(C)C)[C@H](C)O. The molecule has 0 aliphatic carbocycles. The predicted octanol–water partition coefficient (Wildman–Crippen LogP) is 8.33. The molecule has 0 heterocycles. The molecule has 0 radical (unpaired) electrons. The van der Waals surface area contributed by atoms with Crippen molar-refractivity contribution in [3.63, 3.8) is 0 Å². The zero-order valence-corrected chi connectivity index (χ0v) is 25.1. The zero-order valence-electron chi connectivity index (χ0n) is 25.1. The Kier molecular flexibility index (Phi) is 16.9. The minimum Gasteiger partial charge on any atom is -0.391 e. The quantitative estimate of drug-likeness (QED) is 0.225. The lowest BCUT2D eigenvalue weighted by atomic mass is 9.88. The van der Waals surface area contributed by atoms with Gasteiger partial charge in [-0.1, -0.05) is 120 Å². The van der Waals surface area contributed by atoms with Crippen LogP contribution in [0.5, 0.6) is 0 Å². The van der Waals surface area contributed by atoms with Gasteiger partial charge in [0.05, 0.1) is 24.9 Å². The fraction of sp³-hybridized carbons (Fsp3) is 0.543. The van der Waals surface area contributed by atoms with Gasteiger partial charge in [-0.2, -0.15) is 0 Å². The monoisotopic (exact) mass is 522 g/mol. The minimum absolute atomic E-state index is 0.0763. The van der Waals surface area contributed by atoms with Gasteiger partial charge in [0.15, 0.2) is 0 Å². The van der Waals surface area contributed by atoms with Gasteiger partial charge in [0.1, 0.15) is 0 Å². The Morgan fingerprint density at radius 3 is 1.76 bits per heavy atom. The van der Waals surface area contributed by atoms with E-state index in [9.17, 15) is 5.11 Å². The summed E-state index contributed by atoms with van der Waals surface area (Å²) in [6.45, 7) is 23.9. The molecule has 0 aliphatic rings. The highest BCUT2D eigenvalue weighted by molar-refractivity contribution is 5.17. The third kappa shape index (κ3) is 13.6. The largest absolute Gasteiger partial charge is 0.391 e. The van der Waals surface area contributed by atoms with Crippen molar-refractivity contribution in [2.24, 2.45) is 23.7 Å². The molecule has 0 bridgehead atoms. The van der Waals surface area contributed by atoms with Crippen molar-refractivity contribution in [3.8, 4) is 0 Å². The summed E-state index contributed by atoms with van der Waals surface area (Å²) in [6, 6.07) is 21.0. The van der Waals surface area contributed by atoms with E-state index in [-0.39, 0.29) is 12.2 Å². The average Bonchev–Trinajstić information content (AvgIpc) is 2.88. The van der Waals surface area contributed by atoms with Gasteiger partial charge in [-0.05, 0) is 55.6 Å². The van der Waals surface area contributed by atoms with Crippen LogP contribution in [-0.4, -0.2) is 36.6 Å². The van der Waals surface area contributed by atoms with E-state index in [4.69, 9.17) is 9.47 Å². The Morgan fingerprint density at radius 2 is 1.37 bits per heavy atom. The topological polar surface area (TPSA) is 38.7 Å². The number of ether oxygens (including phenoxy) is 2. The molecule has 0 spiro atoms. The van der Waals surface area contributed by atoms with E-state index in [1.54, 1.807) is 0 Å². The Hall–Kier alpha value is -2.20. The summed E-state index contributed by atoms with van der Waals surface area (Å²) in [6.07, 6.45) is 4.67. The van der Waals surface area contributed by atoms with Crippen molar-refractivity contribution in [1.82, 2.24) is 0 Å². The van der Waals surface area contributed by atoms with Crippen molar-refractivity contribution in [2.45, 2.75) is 86.0 Å². The molecule has 1 N–H and O–H groups in total. The molecule has 5 atom stereocenters. The molecule has 0 unspecified atom stereocenters. The van der Waals surface area contributed by atoms with Crippen LogP contribution in [0.15, 0.2) is 85.5 Å². The second-order valence-electron chi connectivity index (χ2n) is 11.4. The minimum atomic E-state index is -0.424. The van der Waals surface area contributed by atoms with Crippen molar-refractivity contribution in [3.05, 3.63) is 96.6 Å². The van der Waals surface area contributed by atoms with E-state index >= 15 is 0 Å². The molecule has 0 fully saturated rings. The Bertz CT molecular complexity index is 873. The van der Waals surface area contributed by atoms with Gasteiger partial charge >= 0.3 is 0 Å². The maximum atomic E-state index is 9.98. The van der Waals surface area contributed by atoms with Crippen LogP contribution in [0.1, 0.15) is 66.0 Å². The first kappa shape index (κ1) is 33.8. The van der Waals surface area contributed by atoms with E-state index in [2.05, 4.69) is 96.3 Å². The number of aliphatic hydroxyl groups excluding tert-OH is 1. The molecule has 3 nitrogen and oxygen atoms in total. The molecule has 212 valence electrons. The van der Waals surface area contributed by atoms with E-state index in [1.807, 2.05) is 32.1 Å². The summed E-state index contributed by atoms with van der Waals surface area (Å²) in [5.74, 6) is 1.66. The molecule has 0 saturated carbocycles.